The van der Waals surface area contributed by atoms with E-state index in [1.54, 1.807) is 50.5 Å². The van der Waals surface area contributed by atoms with Crippen LogP contribution in [0.3, 0.4) is 0 Å². The molecule has 32 heavy (non-hydrogen) atoms. The number of anilines is 2. The highest BCUT2D eigenvalue weighted by molar-refractivity contribution is 5.81. The first-order valence-corrected chi connectivity index (χ1v) is 9.76. The van der Waals surface area contributed by atoms with E-state index < -0.39 is 17.8 Å². The van der Waals surface area contributed by atoms with Gasteiger partial charge in [-0.25, -0.2) is 4.98 Å². The number of carbonyl (C=O) groups excluding carboxylic acids is 1. The summed E-state index contributed by atoms with van der Waals surface area (Å²) in [6, 6.07) is 15.8. The van der Waals surface area contributed by atoms with Gasteiger partial charge in [-0.3, -0.25) is 4.79 Å². The zero-order valence-electron chi connectivity index (χ0n) is 17.6. The van der Waals surface area contributed by atoms with Crippen LogP contribution in [0.1, 0.15) is 11.1 Å². The third-order valence-corrected chi connectivity index (χ3v) is 4.59. The quantitative estimate of drug-likeness (QED) is 0.557. The maximum absolute atomic E-state index is 12.6. The van der Waals surface area contributed by atoms with E-state index in [1.165, 1.54) is 11.0 Å². The standard InChI is InChI=1S/C23H23F3N4O2/c1-30(2)22(31)20(27)13-15-3-8-18(9-4-15)32-19-10-6-17(7-11-19)29-21-12-5-16(14-28-21)23(24,25)26/h3-12,14,20H,13,27H2,1-2H3,(H,28,29)/t20-/m1/s1. The number of alkyl halides is 3. The fourth-order valence-electron chi connectivity index (χ4n) is 2.89. The van der Waals surface area contributed by atoms with Gasteiger partial charge in [-0.05, 0) is 60.5 Å². The topological polar surface area (TPSA) is 80.5 Å². The van der Waals surface area contributed by atoms with Crippen LogP contribution in [0, 0.1) is 0 Å². The van der Waals surface area contributed by atoms with Crippen molar-refractivity contribution in [3.05, 3.63) is 78.0 Å². The van der Waals surface area contributed by atoms with Crippen LogP contribution in [-0.4, -0.2) is 35.9 Å². The second-order valence-electron chi connectivity index (χ2n) is 7.37. The zero-order valence-corrected chi connectivity index (χ0v) is 17.6. The molecule has 0 saturated heterocycles. The molecule has 0 bridgehead atoms. The molecule has 0 aliphatic carbocycles. The van der Waals surface area contributed by atoms with Crippen LogP contribution >= 0.6 is 0 Å². The molecule has 1 heterocycles. The van der Waals surface area contributed by atoms with Crippen LogP contribution in [-0.2, 0) is 17.4 Å². The van der Waals surface area contributed by atoms with E-state index in [1.807, 2.05) is 12.1 Å². The Bertz CT molecular complexity index is 1030. The third kappa shape index (κ3) is 6.21. The second kappa shape index (κ2) is 9.69. The van der Waals surface area contributed by atoms with Crippen molar-refractivity contribution in [1.82, 2.24) is 9.88 Å². The molecule has 0 aliphatic heterocycles. The molecule has 0 spiro atoms. The van der Waals surface area contributed by atoms with E-state index in [0.29, 0.717) is 29.4 Å². The number of nitrogens with zero attached hydrogens (tertiary/aromatic N) is 2. The van der Waals surface area contributed by atoms with E-state index in [0.717, 1.165) is 17.8 Å². The summed E-state index contributed by atoms with van der Waals surface area (Å²) >= 11 is 0. The fraction of sp³-hybridized carbons (Fsp3) is 0.217. The van der Waals surface area contributed by atoms with Gasteiger partial charge in [0.15, 0.2) is 0 Å². The molecular formula is C23H23F3N4O2. The minimum Gasteiger partial charge on any atom is -0.457 e. The fourth-order valence-corrected chi connectivity index (χ4v) is 2.89. The number of pyridine rings is 1. The molecular weight excluding hydrogens is 421 g/mol. The number of aromatic nitrogens is 1. The molecule has 2 aromatic carbocycles. The largest absolute Gasteiger partial charge is 0.457 e. The lowest BCUT2D eigenvalue weighted by Gasteiger charge is -2.16. The van der Waals surface area contributed by atoms with Gasteiger partial charge in [0.2, 0.25) is 5.91 Å². The van der Waals surface area contributed by atoms with Crippen molar-refractivity contribution in [3.8, 4) is 11.5 Å². The van der Waals surface area contributed by atoms with Crippen LogP contribution in [0.2, 0.25) is 0 Å². The van der Waals surface area contributed by atoms with Gasteiger partial charge in [-0.2, -0.15) is 13.2 Å². The highest BCUT2D eigenvalue weighted by Gasteiger charge is 2.30. The summed E-state index contributed by atoms with van der Waals surface area (Å²) in [5.41, 5.74) is 6.70. The summed E-state index contributed by atoms with van der Waals surface area (Å²) in [5, 5.41) is 2.94. The van der Waals surface area contributed by atoms with Crippen LogP contribution in [0.4, 0.5) is 24.7 Å². The average Bonchev–Trinajstić information content (AvgIpc) is 2.75. The first-order chi connectivity index (χ1) is 15.1. The summed E-state index contributed by atoms with van der Waals surface area (Å²) in [6.07, 6.45) is -3.21. The van der Waals surface area contributed by atoms with Gasteiger partial charge in [0.05, 0.1) is 11.6 Å². The predicted molar refractivity (Wildman–Crippen MR) is 116 cm³/mol. The normalized spacial score (nSPS) is 12.2. The van der Waals surface area contributed by atoms with Gasteiger partial charge in [0.1, 0.15) is 17.3 Å². The van der Waals surface area contributed by atoms with Crippen LogP contribution in [0.25, 0.3) is 0 Å². The van der Waals surface area contributed by atoms with E-state index in [2.05, 4.69) is 10.3 Å². The minimum atomic E-state index is -4.42. The Morgan fingerprint density at radius 2 is 1.62 bits per heavy atom. The van der Waals surface area contributed by atoms with E-state index >= 15 is 0 Å². The summed E-state index contributed by atoms with van der Waals surface area (Å²) in [6.45, 7) is 0. The Morgan fingerprint density at radius 3 is 2.12 bits per heavy atom. The summed E-state index contributed by atoms with van der Waals surface area (Å²) < 4.78 is 43.6. The number of nitrogens with two attached hydrogens (primary N) is 1. The Labute approximate surface area is 183 Å². The van der Waals surface area contributed by atoms with Gasteiger partial charge in [0, 0.05) is 26.0 Å². The summed E-state index contributed by atoms with van der Waals surface area (Å²) in [7, 11) is 3.33. The number of nitrogens with one attached hydrogen (secondary N) is 1. The zero-order chi connectivity index (χ0) is 23.3. The van der Waals surface area contributed by atoms with Crippen molar-refractivity contribution in [3.63, 3.8) is 0 Å². The number of carbonyl (C=O) groups is 1. The molecule has 168 valence electrons. The van der Waals surface area contributed by atoms with E-state index in [9.17, 15) is 18.0 Å². The molecule has 3 aromatic rings. The number of benzene rings is 2. The number of hydrogen-bond donors (Lipinski definition) is 2. The molecule has 9 heteroatoms. The van der Waals surface area contributed by atoms with E-state index in [4.69, 9.17) is 10.5 Å². The Kier molecular flexibility index (Phi) is 6.99. The monoisotopic (exact) mass is 444 g/mol. The van der Waals surface area contributed by atoms with E-state index in [-0.39, 0.29) is 5.91 Å². The maximum Gasteiger partial charge on any atom is 0.417 e. The molecule has 3 rings (SSSR count). The lowest BCUT2D eigenvalue weighted by atomic mass is 10.1. The second-order valence-corrected chi connectivity index (χ2v) is 7.37. The molecule has 0 aliphatic rings. The molecule has 0 fully saturated rings. The predicted octanol–water partition coefficient (Wildman–Crippen LogP) is 4.59. The molecule has 1 aromatic heterocycles. The number of ether oxygens (including phenoxy) is 1. The van der Waals surface area contributed by atoms with Crippen LogP contribution in [0.15, 0.2) is 66.9 Å². The lowest BCUT2D eigenvalue weighted by Crippen LogP contribution is -2.41. The number of amides is 1. The SMILES string of the molecule is CN(C)C(=O)[C@H](N)Cc1ccc(Oc2ccc(Nc3ccc(C(F)(F)F)cn3)cc2)cc1. The first kappa shape index (κ1) is 23.1. The van der Waals surface area contributed by atoms with Crippen molar-refractivity contribution in [1.29, 1.82) is 0 Å². The van der Waals surface area contributed by atoms with Crippen LogP contribution < -0.4 is 15.8 Å². The van der Waals surface area contributed by atoms with Gasteiger partial charge >= 0.3 is 6.18 Å². The van der Waals surface area contributed by atoms with Crippen LogP contribution in [0.5, 0.6) is 11.5 Å². The third-order valence-electron chi connectivity index (χ3n) is 4.59. The maximum atomic E-state index is 12.6. The summed E-state index contributed by atoms with van der Waals surface area (Å²) in [5.74, 6) is 1.37. The van der Waals surface area contributed by atoms with Gasteiger partial charge in [-0.1, -0.05) is 12.1 Å². The van der Waals surface area contributed by atoms with Crippen molar-refractivity contribution < 1.29 is 22.7 Å². The van der Waals surface area contributed by atoms with Crippen molar-refractivity contribution in [2.24, 2.45) is 5.73 Å². The molecule has 6 nitrogen and oxygen atoms in total. The molecule has 0 saturated carbocycles. The first-order valence-electron chi connectivity index (χ1n) is 9.76. The van der Waals surface area contributed by atoms with Gasteiger partial charge in [0.25, 0.3) is 0 Å². The molecule has 1 atom stereocenters. The number of rotatable bonds is 7. The minimum absolute atomic E-state index is 0.134. The van der Waals surface area contributed by atoms with Gasteiger partial charge < -0.3 is 20.7 Å². The van der Waals surface area contributed by atoms with Gasteiger partial charge in [-0.15, -0.1) is 0 Å². The molecule has 0 radical (unpaired) electrons. The van der Waals surface area contributed by atoms with Crippen molar-refractivity contribution >= 4 is 17.4 Å². The highest BCUT2D eigenvalue weighted by Crippen LogP contribution is 2.29. The molecule has 0 unspecified atom stereocenters. The number of likely N-dealkylation sites (N-methyl/N-ethyl adjacent to an activating group) is 1. The number of halogens is 3. The smallest absolute Gasteiger partial charge is 0.417 e. The Balaban J connectivity index is 1.57. The Morgan fingerprint density at radius 1 is 1.03 bits per heavy atom. The molecule has 3 N–H and O–H groups in total. The summed E-state index contributed by atoms with van der Waals surface area (Å²) in [4.78, 5) is 17.1. The highest BCUT2D eigenvalue weighted by atomic mass is 19.4. The molecule has 1 amide bonds. The average molecular weight is 444 g/mol. The van der Waals surface area contributed by atoms with Crippen molar-refractivity contribution in [2.75, 3.05) is 19.4 Å². The Hall–Kier alpha value is -3.59. The lowest BCUT2D eigenvalue weighted by molar-refractivity contribution is -0.137. The van der Waals surface area contributed by atoms with Crippen molar-refractivity contribution in [2.45, 2.75) is 18.6 Å². The number of hydrogen-bond acceptors (Lipinski definition) is 5.